The van der Waals surface area contributed by atoms with E-state index in [4.69, 9.17) is 4.74 Å². The van der Waals surface area contributed by atoms with Crippen molar-refractivity contribution >= 4 is 5.91 Å². The Labute approximate surface area is 163 Å². The van der Waals surface area contributed by atoms with Gasteiger partial charge in [0.1, 0.15) is 12.1 Å². The number of carbonyl (C=O) groups excluding carboxylic acids is 1. The van der Waals surface area contributed by atoms with Crippen molar-refractivity contribution in [2.24, 2.45) is 0 Å². The maximum Gasteiger partial charge on any atom is 0.251 e. The molecule has 1 saturated heterocycles. The van der Waals surface area contributed by atoms with E-state index in [2.05, 4.69) is 21.6 Å². The van der Waals surface area contributed by atoms with Gasteiger partial charge in [-0.3, -0.25) is 4.79 Å². The molecule has 0 unspecified atom stereocenters. The van der Waals surface area contributed by atoms with Gasteiger partial charge in [0, 0.05) is 6.54 Å². The van der Waals surface area contributed by atoms with Gasteiger partial charge in [-0.15, -0.1) is 5.10 Å². The summed E-state index contributed by atoms with van der Waals surface area (Å²) in [4.78, 5) is 14.8. The molecule has 1 amide bonds. The zero-order valence-electron chi connectivity index (χ0n) is 16.2. The summed E-state index contributed by atoms with van der Waals surface area (Å²) in [5.41, 5.74) is 3.26. The molecule has 0 N–H and O–H groups in total. The van der Waals surface area contributed by atoms with Crippen LogP contribution in [0.15, 0.2) is 54.9 Å². The molecule has 28 heavy (non-hydrogen) atoms. The van der Waals surface area contributed by atoms with Crippen molar-refractivity contribution in [3.63, 3.8) is 0 Å². The average molecular weight is 377 g/mol. The van der Waals surface area contributed by atoms with E-state index in [1.165, 1.54) is 6.33 Å². The Bertz CT molecular complexity index is 970. The summed E-state index contributed by atoms with van der Waals surface area (Å²) in [6.07, 6.45) is 1.60. The van der Waals surface area contributed by atoms with Gasteiger partial charge in [-0.25, -0.2) is 4.68 Å². The second-order valence-corrected chi connectivity index (χ2v) is 7.37. The highest BCUT2D eigenvalue weighted by atomic mass is 16.5. The van der Waals surface area contributed by atoms with Crippen LogP contribution in [0.25, 0.3) is 0 Å². The molecule has 1 fully saturated rings. The monoisotopic (exact) mass is 377 g/mol. The molecule has 0 saturated carbocycles. The van der Waals surface area contributed by atoms with E-state index in [9.17, 15) is 4.79 Å². The molecule has 2 heterocycles. The number of benzene rings is 2. The molecule has 0 spiro atoms. The molecule has 3 aromatic rings. The number of carbonyl (C=O) groups is 1. The predicted molar refractivity (Wildman–Crippen MR) is 104 cm³/mol. The number of β-lactam (4-membered cyclic amide) rings is 1. The third-order valence-electron chi connectivity index (χ3n) is 4.83. The molecule has 144 valence electrons. The number of hydrogen-bond acceptors (Lipinski definition) is 5. The number of aryl methyl sites for hydroxylation is 1. The average Bonchev–Trinajstić information content (AvgIpc) is 3.17. The van der Waals surface area contributed by atoms with Crippen LogP contribution in [0, 0.1) is 6.92 Å². The summed E-state index contributed by atoms with van der Waals surface area (Å²) in [7, 11) is 0. The number of amides is 1. The SMILES string of the molecule is Cc1cccc([C@@H]2[C@H](n3cnnn3)C(=O)N2Cc2cccc(OC(C)C)c2)c1. The Kier molecular flexibility index (Phi) is 4.81. The number of tetrazole rings is 1. The standard InChI is InChI=1S/C21H23N5O2/c1-14(2)28-18-9-5-7-16(11-18)12-25-19(17-8-4-6-15(3)10-17)20(21(25)27)26-13-22-23-24-26/h4-11,13-14,19-20H,12H2,1-3H3/t19-,20+/m1/s1. The van der Waals surface area contributed by atoms with Gasteiger partial charge in [0.2, 0.25) is 0 Å². The third kappa shape index (κ3) is 3.47. The van der Waals surface area contributed by atoms with Gasteiger partial charge in [0.25, 0.3) is 5.91 Å². The molecule has 0 bridgehead atoms. The van der Waals surface area contributed by atoms with Gasteiger partial charge in [0.05, 0.1) is 12.1 Å². The van der Waals surface area contributed by atoms with Crippen LogP contribution in [0.2, 0.25) is 0 Å². The van der Waals surface area contributed by atoms with Crippen LogP contribution in [0.4, 0.5) is 0 Å². The molecule has 1 aromatic heterocycles. The Morgan fingerprint density at radius 1 is 1.11 bits per heavy atom. The second-order valence-electron chi connectivity index (χ2n) is 7.37. The zero-order valence-corrected chi connectivity index (χ0v) is 16.2. The van der Waals surface area contributed by atoms with Crippen LogP contribution in [0.1, 0.15) is 42.6 Å². The number of likely N-dealkylation sites (tertiary alicyclic amines) is 1. The maximum atomic E-state index is 13.0. The summed E-state index contributed by atoms with van der Waals surface area (Å²) in [5.74, 6) is 0.818. The van der Waals surface area contributed by atoms with Crippen LogP contribution >= 0.6 is 0 Å². The molecule has 4 rings (SSSR count). The second kappa shape index (κ2) is 7.42. The predicted octanol–water partition coefficient (Wildman–Crippen LogP) is 3.09. The summed E-state index contributed by atoms with van der Waals surface area (Å²) >= 11 is 0. The Balaban J connectivity index is 1.63. The highest BCUT2D eigenvalue weighted by molar-refractivity contribution is 5.88. The first-order chi connectivity index (χ1) is 13.5. The van der Waals surface area contributed by atoms with Crippen molar-refractivity contribution in [1.82, 2.24) is 25.1 Å². The fourth-order valence-electron chi connectivity index (χ4n) is 3.66. The number of hydrogen-bond donors (Lipinski definition) is 0. The first-order valence-electron chi connectivity index (χ1n) is 9.38. The molecular formula is C21H23N5O2. The number of ether oxygens (including phenoxy) is 1. The number of nitrogens with zero attached hydrogens (tertiary/aromatic N) is 5. The summed E-state index contributed by atoms with van der Waals surface area (Å²) in [6, 6.07) is 15.6. The van der Waals surface area contributed by atoms with E-state index in [0.717, 1.165) is 22.4 Å². The topological polar surface area (TPSA) is 73.1 Å². The van der Waals surface area contributed by atoms with Crippen molar-refractivity contribution in [3.8, 4) is 5.75 Å². The highest BCUT2D eigenvalue weighted by Gasteiger charge is 2.50. The van der Waals surface area contributed by atoms with Crippen molar-refractivity contribution in [2.75, 3.05) is 0 Å². The first kappa shape index (κ1) is 18.2. The Hall–Kier alpha value is -3.22. The number of aromatic nitrogens is 4. The van der Waals surface area contributed by atoms with Gasteiger partial charge >= 0.3 is 0 Å². The molecular weight excluding hydrogens is 354 g/mol. The third-order valence-corrected chi connectivity index (χ3v) is 4.83. The normalized spacial score (nSPS) is 19.0. The van der Waals surface area contributed by atoms with Crippen LogP contribution in [-0.4, -0.2) is 37.1 Å². The van der Waals surface area contributed by atoms with E-state index >= 15 is 0 Å². The lowest BCUT2D eigenvalue weighted by Gasteiger charge is -2.47. The quantitative estimate of drug-likeness (QED) is 0.617. The fraction of sp³-hybridized carbons (Fsp3) is 0.333. The van der Waals surface area contributed by atoms with Crippen molar-refractivity contribution in [3.05, 3.63) is 71.5 Å². The van der Waals surface area contributed by atoms with E-state index in [1.807, 2.05) is 68.1 Å². The van der Waals surface area contributed by atoms with Crippen LogP contribution < -0.4 is 4.74 Å². The zero-order chi connectivity index (χ0) is 19.7. The first-order valence-corrected chi connectivity index (χ1v) is 9.38. The lowest BCUT2D eigenvalue weighted by atomic mass is 9.87. The number of rotatable bonds is 6. The molecule has 0 radical (unpaired) electrons. The van der Waals surface area contributed by atoms with E-state index in [-0.39, 0.29) is 18.1 Å². The van der Waals surface area contributed by atoms with Crippen LogP contribution in [0.3, 0.4) is 0 Å². The Morgan fingerprint density at radius 2 is 1.93 bits per heavy atom. The molecule has 2 atom stereocenters. The highest BCUT2D eigenvalue weighted by Crippen LogP contribution is 2.44. The van der Waals surface area contributed by atoms with Gasteiger partial charge in [-0.2, -0.15) is 0 Å². The van der Waals surface area contributed by atoms with E-state index in [0.29, 0.717) is 6.54 Å². The Morgan fingerprint density at radius 3 is 2.64 bits per heavy atom. The van der Waals surface area contributed by atoms with Crippen LogP contribution in [-0.2, 0) is 11.3 Å². The minimum atomic E-state index is -0.424. The minimum absolute atomic E-state index is 0.00832. The molecule has 1 aliphatic rings. The van der Waals surface area contributed by atoms with E-state index < -0.39 is 6.04 Å². The van der Waals surface area contributed by atoms with Gasteiger partial charge in [0.15, 0.2) is 6.04 Å². The maximum absolute atomic E-state index is 13.0. The molecule has 7 nitrogen and oxygen atoms in total. The molecule has 1 aliphatic heterocycles. The summed E-state index contributed by atoms with van der Waals surface area (Å²) in [6.45, 7) is 6.55. The largest absolute Gasteiger partial charge is 0.491 e. The van der Waals surface area contributed by atoms with Crippen molar-refractivity contribution < 1.29 is 9.53 Å². The smallest absolute Gasteiger partial charge is 0.251 e. The van der Waals surface area contributed by atoms with E-state index in [1.54, 1.807) is 4.68 Å². The lowest BCUT2D eigenvalue weighted by molar-refractivity contribution is -0.157. The summed E-state index contributed by atoms with van der Waals surface area (Å²) < 4.78 is 7.33. The minimum Gasteiger partial charge on any atom is -0.491 e. The molecule has 7 heteroatoms. The molecule has 0 aliphatic carbocycles. The summed E-state index contributed by atoms with van der Waals surface area (Å²) in [5, 5.41) is 11.4. The van der Waals surface area contributed by atoms with Crippen molar-refractivity contribution in [2.45, 2.75) is 45.5 Å². The van der Waals surface area contributed by atoms with Gasteiger partial charge in [-0.1, -0.05) is 42.0 Å². The van der Waals surface area contributed by atoms with Gasteiger partial charge < -0.3 is 9.64 Å². The van der Waals surface area contributed by atoms with Gasteiger partial charge in [-0.05, 0) is 54.5 Å². The molecule has 2 aromatic carbocycles. The van der Waals surface area contributed by atoms with Crippen LogP contribution in [0.5, 0.6) is 5.75 Å². The lowest BCUT2D eigenvalue weighted by Crippen LogP contribution is -2.55. The van der Waals surface area contributed by atoms with Crippen molar-refractivity contribution in [1.29, 1.82) is 0 Å². The fourth-order valence-corrected chi connectivity index (χ4v) is 3.66.